The second kappa shape index (κ2) is 13.0. The number of nitrogens with zero attached hydrogens (tertiary/aromatic N) is 3. The van der Waals surface area contributed by atoms with Crippen molar-refractivity contribution in [3.05, 3.63) is 16.1 Å². The molecule has 1 aromatic heterocycles. The summed E-state index contributed by atoms with van der Waals surface area (Å²) in [6, 6.07) is 0. The fourth-order valence-electron chi connectivity index (χ4n) is 1.82. The number of guanidine groups is 1. The summed E-state index contributed by atoms with van der Waals surface area (Å²) in [6.45, 7) is 6.46. The summed E-state index contributed by atoms with van der Waals surface area (Å²) < 4.78 is 5.05. The van der Waals surface area contributed by atoms with Crippen molar-refractivity contribution in [2.75, 3.05) is 47.4 Å². The van der Waals surface area contributed by atoms with Gasteiger partial charge in [0, 0.05) is 51.5 Å². The number of aliphatic imine (C=N–C) groups is 1. The third-order valence-corrected chi connectivity index (χ3v) is 3.89. The SMILES string of the molecule is CN=C(NCCN(C)CCCOC)NCc1ncc(C)s1.I. The molecule has 2 N–H and O–H groups in total. The number of rotatable bonds is 9. The maximum Gasteiger partial charge on any atom is 0.191 e. The second-order valence-corrected chi connectivity index (χ2v) is 6.19. The Bertz CT molecular complexity index is 427. The lowest BCUT2D eigenvalue weighted by atomic mass is 10.4. The monoisotopic (exact) mass is 441 g/mol. The fraction of sp³-hybridized carbons (Fsp3) is 0.714. The number of likely N-dealkylation sites (N-methyl/N-ethyl adjacent to an activating group) is 1. The number of hydrogen-bond acceptors (Lipinski definition) is 5. The first-order chi connectivity index (χ1) is 10.2. The molecule has 0 amide bonds. The number of methoxy groups -OCH3 is 1. The Hall–Kier alpha value is -0.450. The lowest BCUT2D eigenvalue weighted by Gasteiger charge is -2.17. The Morgan fingerprint density at radius 3 is 2.77 bits per heavy atom. The van der Waals surface area contributed by atoms with E-state index in [1.807, 2.05) is 6.20 Å². The van der Waals surface area contributed by atoms with Crippen molar-refractivity contribution < 1.29 is 4.74 Å². The number of thiazole rings is 1. The molecule has 128 valence electrons. The second-order valence-electron chi connectivity index (χ2n) is 4.87. The van der Waals surface area contributed by atoms with Crippen LogP contribution in [0.2, 0.25) is 0 Å². The maximum atomic E-state index is 5.05. The van der Waals surface area contributed by atoms with Gasteiger partial charge in [-0.05, 0) is 20.4 Å². The van der Waals surface area contributed by atoms with Crippen LogP contribution in [0.25, 0.3) is 0 Å². The van der Waals surface area contributed by atoms with Crippen LogP contribution < -0.4 is 10.6 Å². The van der Waals surface area contributed by atoms with Gasteiger partial charge in [-0.3, -0.25) is 4.99 Å². The molecule has 0 saturated carbocycles. The van der Waals surface area contributed by atoms with E-state index in [1.54, 1.807) is 25.5 Å². The topological polar surface area (TPSA) is 61.8 Å². The Morgan fingerprint density at radius 2 is 2.18 bits per heavy atom. The van der Waals surface area contributed by atoms with E-state index in [0.717, 1.165) is 43.6 Å². The summed E-state index contributed by atoms with van der Waals surface area (Å²) in [7, 11) is 5.64. The highest BCUT2D eigenvalue weighted by molar-refractivity contribution is 14.0. The first-order valence-corrected chi connectivity index (χ1v) is 8.00. The lowest BCUT2D eigenvalue weighted by Crippen LogP contribution is -2.40. The van der Waals surface area contributed by atoms with Gasteiger partial charge in [-0.15, -0.1) is 35.3 Å². The third-order valence-electron chi connectivity index (χ3n) is 2.97. The Balaban J connectivity index is 0.00000441. The van der Waals surface area contributed by atoms with Crippen LogP contribution in [0.5, 0.6) is 0 Å². The molecule has 0 spiro atoms. The molecule has 0 radical (unpaired) electrons. The molecule has 1 aromatic rings. The highest BCUT2D eigenvalue weighted by Gasteiger charge is 2.02. The van der Waals surface area contributed by atoms with Gasteiger partial charge in [0.2, 0.25) is 0 Å². The number of nitrogens with one attached hydrogen (secondary N) is 2. The normalized spacial score (nSPS) is 11.4. The van der Waals surface area contributed by atoms with Crippen molar-refractivity contribution in [1.82, 2.24) is 20.5 Å². The summed E-state index contributed by atoms with van der Waals surface area (Å²) >= 11 is 1.70. The van der Waals surface area contributed by atoms with Crippen LogP contribution in [0.15, 0.2) is 11.2 Å². The average molecular weight is 441 g/mol. The van der Waals surface area contributed by atoms with Gasteiger partial charge >= 0.3 is 0 Å². The van der Waals surface area contributed by atoms with E-state index in [0.29, 0.717) is 6.54 Å². The fourth-order valence-corrected chi connectivity index (χ4v) is 2.55. The van der Waals surface area contributed by atoms with E-state index in [2.05, 4.69) is 39.5 Å². The van der Waals surface area contributed by atoms with Gasteiger partial charge in [0.1, 0.15) is 5.01 Å². The minimum absolute atomic E-state index is 0. The lowest BCUT2D eigenvalue weighted by molar-refractivity contribution is 0.180. The van der Waals surface area contributed by atoms with Crippen molar-refractivity contribution in [1.29, 1.82) is 0 Å². The molecule has 1 rings (SSSR count). The van der Waals surface area contributed by atoms with Crippen LogP contribution in [0.1, 0.15) is 16.3 Å². The van der Waals surface area contributed by atoms with Gasteiger partial charge in [0.25, 0.3) is 0 Å². The predicted octanol–water partition coefficient (Wildman–Crippen LogP) is 1.70. The Labute approximate surface area is 154 Å². The minimum atomic E-state index is 0. The minimum Gasteiger partial charge on any atom is -0.385 e. The van der Waals surface area contributed by atoms with Crippen LogP contribution in [0.4, 0.5) is 0 Å². The molecule has 0 aliphatic heterocycles. The van der Waals surface area contributed by atoms with Gasteiger partial charge in [0.05, 0.1) is 6.54 Å². The predicted molar refractivity (Wildman–Crippen MR) is 104 cm³/mol. The molecule has 0 atom stereocenters. The zero-order chi connectivity index (χ0) is 15.5. The molecule has 0 unspecified atom stereocenters. The standard InChI is InChI=1S/C14H27N5OS.HI/c1-12-10-17-13(21-12)11-18-14(15-2)16-6-8-19(3)7-5-9-20-4;/h10H,5-9,11H2,1-4H3,(H2,15,16,18);1H. The molecule has 22 heavy (non-hydrogen) atoms. The molecule has 8 heteroatoms. The summed E-state index contributed by atoms with van der Waals surface area (Å²) in [4.78, 5) is 12.1. The van der Waals surface area contributed by atoms with Gasteiger partial charge in [0.15, 0.2) is 5.96 Å². The van der Waals surface area contributed by atoms with Crippen molar-refractivity contribution >= 4 is 41.3 Å². The van der Waals surface area contributed by atoms with Gasteiger partial charge < -0.3 is 20.3 Å². The smallest absolute Gasteiger partial charge is 0.191 e. The van der Waals surface area contributed by atoms with E-state index in [4.69, 9.17) is 4.74 Å². The molecular weight excluding hydrogens is 413 g/mol. The maximum absolute atomic E-state index is 5.05. The van der Waals surface area contributed by atoms with Crippen LogP contribution in [-0.4, -0.2) is 63.3 Å². The summed E-state index contributed by atoms with van der Waals surface area (Å²) in [5.74, 6) is 0.813. The molecule has 0 aliphatic carbocycles. The summed E-state index contributed by atoms with van der Waals surface area (Å²) in [5, 5.41) is 7.66. The molecule has 0 aromatic carbocycles. The van der Waals surface area contributed by atoms with Gasteiger partial charge in [-0.2, -0.15) is 0 Å². The first kappa shape index (κ1) is 21.6. The van der Waals surface area contributed by atoms with Crippen molar-refractivity contribution in [2.45, 2.75) is 19.9 Å². The quantitative estimate of drug-likeness (QED) is 0.265. The number of aryl methyl sites for hydroxylation is 1. The van der Waals surface area contributed by atoms with Crippen molar-refractivity contribution in [2.24, 2.45) is 4.99 Å². The van der Waals surface area contributed by atoms with Gasteiger partial charge in [-0.25, -0.2) is 4.98 Å². The van der Waals surface area contributed by atoms with Crippen molar-refractivity contribution in [3.8, 4) is 0 Å². The van der Waals surface area contributed by atoms with E-state index in [1.165, 1.54) is 4.88 Å². The molecule has 0 aliphatic rings. The van der Waals surface area contributed by atoms with E-state index < -0.39 is 0 Å². The highest BCUT2D eigenvalue weighted by atomic mass is 127. The summed E-state index contributed by atoms with van der Waals surface area (Å²) in [6.07, 6.45) is 2.95. The zero-order valence-electron chi connectivity index (χ0n) is 13.9. The molecule has 1 heterocycles. The van der Waals surface area contributed by atoms with E-state index in [9.17, 15) is 0 Å². The molecular formula is C14H28IN5OS. The summed E-state index contributed by atoms with van der Waals surface area (Å²) in [5.41, 5.74) is 0. The van der Waals surface area contributed by atoms with E-state index in [-0.39, 0.29) is 24.0 Å². The van der Waals surface area contributed by atoms with Crippen LogP contribution in [0, 0.1) is 6.92 Å². The first-order valence-electron chi connectivity index (χ1n) is 7.19. The molecule has 0 fully saturated rings. The number of aromatic nitrogens is 1. The van der Waals surface area contributed by atoms with Crippen molar-refractivity contribution in [3.63, 3.8) is 0 Å². The van der Waals surface area contributed by atoms with Crippen LogP contribution >= 0.6 is 35.3 Å². The van der Waals surface area contributed by atoms with Crippen LogP contribution in [0.3, 0.4) is 0 Å². The van der Waals surface area contributed by atoms with E-state index >= 15 is 0 Å². The zero-order valence-corrected chi connectivity index (χ0v) is 17.0. The average Bonchev–Trinajstić information content (AvgIpc) is 2.88. The molecule has 6 nitrogen and oxygen atoms in total. The third kappa shape index (κ3) is 9.54. The largest absolute Gasteiger partial charge is 0.385 e. The highest BCUT2D eigenvalue weighted by Crippen LogP contribution is 2.10. The number of hydrogen-bond donors (Lipinski definition) is 2. The number of ether oxygens (including phenoxy) is 1. The Kier molecular flexibility index (Phi) is 12.8. The molecule has 0 saturated heterocycles. The van der Waals surface area contributed by atoms with Crippen LogP contribution in [-0.2, 0) is 11.3 Å². The Morgan fingerprint density at radius 1 is 1.41 bits per heavy atom. The van der Waals surface area contributed by atoms with Gasteiger partial charge in [-0.1, -0.05) is 0 Å². The number of halogens is 1. The molecule has 0 bridgehead atoms.